The maximum atomic E-state index is 14.0. The zero-order valence-electron chi connectivity index (χ0n) is 28.4. The third-order valence-electron chi connectivity index (χ3n) is 7.03. The number of ether oxygens (including phenoxy) is 1. The van der Waals surface area contributed by atoms with Crippen molar-refractivity contribution in [1.29, 1.82) is 0 Å². The first-order valence-electron chi connectivity index (χ1n) is 16.2. The molecule has 2 atom stereocenters. The molecule has 4 N–H and O–H groups in total. The summed E-state index contributed by atoms with van der Waals surface area (Å²) in [5.41, 5.74) is 0.864. The molecule has 0 heterocycles. The van der Waals surface area contributed by atoms with Gasteiger partial charge in [-0.3, -0.25) is 14.4 Å². The van der Waals surface area contributed by atoms with Crippen LogP contribution in [0.3, 0.4) is 0 Å². The molecular weight excluding hydrogens is 610 g/mol. The Bertz CT molecular complexity index is 1340. The second kappa shape index (κ2) is 18.9. The minimum absolute atomic E-state index is 0.0329. The van der Waals surface area contributed by atoms with Crippen LogP contribution in [-0.2, 0) is 16.0 Å². The second-order valence-electron chi connectivity index (χ2n) is 12.7. The van der Waals surface area contributed by atoms with Gasteiger partial charge in [0, 0.05) is 49.8 Å². The minimum atomic E-state index is -1.20. The summed E-state index contributed by atoms with van der Waals surface area (Å²) in [6.45, 7) is 12.5. The van der Waals surface area contributed by atoms with E-state index in [-0.39, 0.29) is 55.3 Å². The molecule has 0 saturated heterocycles. The van der Waals surface area contributed by atoms with Crippen molar-refractivity contribution in [2.24, 2.45) is 0 Å². The highest BCUT2D eigenvalue weighted by Crippen LogP contribution is 2.17. The van der Waals surface area contributed by atoms with Crippen molar-refractivity contribution in [3.8, 4) is 0 Å². The predicted molar refractivity (Wildman–Crippen MR) is 176 cm³/mol. The molecule has 0 radical (unpaired) electrons. The van der Waals surface area contributed by atoms with E-state index < -0.39 is 41.4 Å². The van der Waals surface area contributed by atoms with Gasteiger partial charge in [-0.2, -0.15) is 0 Å². The smallest absolute Gasteiger partial charge is 0.407 e. The number of alkyl carbamates (subject to hydrolysis) is 1. The van der Waals surface area contributed by atoms with Gasteiger partial charge in [-0.25, -0.2) is 13.6 Å². The number of carbonyl (C=O) groups excluding carboxylic acids is 4. The van der Waals surface area contributed by atoms with Gasteiger partial charge in [0.15, 0.2) is 0 Å². The standard InChI is InChI=1S/C35H50F2N4O6/c1-7-14-41(15-8-2)33(45)26-17-23(3)16-25(21-26)32(44)40-29(20-24-18-27(36)22-28(37)19-24)30(42)11-13-38-31(43)10-9-12-39-34(46)47-35(4,5)6/h16-19,21-22,29-30,42H,7-15,20H2,1-6H3,(H,38,43)(H,39,46)(H,40,44)/t29-,30+/m0/s1. The number of benzene rings is 2. The lowest BCUT2D eigenvalue weighted by Gasteiger charge is -2.25. The van der Waals surface area contributed by atoms with Gasteiger partial charge in [-0.15, -0.1) is 0 Å². The number of aliphatic hydroxyl groups is 1. The third kappa shape index (κ3) is 14.5. The van der Waals surface area contributed by atoms with Crippen molar-refractivity contribution in [1.82, 2.24) is 20.9 Å². The van der Waals surface area contributed by atoms with Gasteiger partial charge in [0.1, 0.15) is 17.2 Å². The second-order valence-corrected chi connectivity index (χ2v) is 12.7. The number of amides is 4. The van der Waals surface area contributed by atoms with Crippen LogP contribution in [0.15, 0.2) is 36.4 Å². The van der Waals surface area contributed by atoms with Crippen LogP contribution in [-0.4, -0.2) is 77.7 Å². The summed E-state index contributed by atoms with van der Waals surface area (Å²) in [5.74, 6) is -2.64. The SMILES string of the molecule is CCCN(CCC)C(=O)c1cc(C)cc(C(=O)N[C@@H](Cc2cc(F)cc(F)c2)[C@H](O)CCNC(=O)CCCNC(=O)OC(C)(C)C)c1. The molecule has 0 aliphatic carbocycles. The molecule has 4 amide bonds. The van der Waals surface area contributed by atoms with Crippen LogP contribution in [0.2, 0.25) is 0 Å². The van der Waals surface area contributed by atoms with Crippen molar-refractivity contribution < 1.29 is 37.8 Å². The number of aryl methyl sites for hydroxylation is 1. The zero-order valence-corrected chi connectivity index (χ0v) is 28.4. The molecule has 0 spiro atoms. The molecule has 260 valence electrons. The quantitative estimate of drug-likeness (QED) is 0.175. The maximum Gasteiger partial charge on any atom is 0.407 e. The lowest BCUT2D eigenvalue weighted by molar-refractivity contribution is -0.121. The third-order valence-corrected chi connectivity index (χ3v) is 7.03. The number of nitrogens with one attached hydrogen (secondary N) is 3. The van der Waals surface area contributed by atoms with E-state index in [1.807, 2.05) is 13.8 Å². The molecule has 0 unspecified atom stereocenters. The fourth-order valence-corrected chi connectivity index (χ4v) is 5.00. The van der Waals surface area contributed by atoms with Crippen LogP contribution in [0.5, 0.6) is 0 Å². The van der Waals surface area contributed by atoms with Gasteiger partial charge in [0.2, 0.25) is 5.91 Å². The minimum Gasteiger partial charge on any atom is -0.444 e. The van der Waals surface area contributed by atoms with Gasteiger partial charge >= 0.3 is 6.09 Å². The number of nitrogens with zero attached hydrogens (tertiary/aromatic N) is 1. The fourth-order valence-electron chi connectivity index (χ4n) is 5.00. The monoisotopic (exact) mass is 660 g/mol. The van der Waals surface area contributed by atoms with E-state index in [2.05, 4.69) is 16.0 Å². The molecule has 10 nitrogen and oxygen atoms in total. The van der Waals surface area contributed by atoms with E-state index in [9.17, 15) is 33.1 Å². The Hall–Kier alpha value is -4.06. The summed E-state index contributed by atoms with van der Waals surface area (Å²) in [7, 11) is 0. The number of hydrogen-bond donors (Lipinski definition) is 4. The van der Waals surface area contributed by atoms with E-state index in [1.54, 1.807) is 44.7 Å². The predicted octanol–water partition coefficient (Wildman–Crippen LogP) is 5.05. The zero-order chi connectivity index (χ0) is 35.1. The number of halogens is 2. The Morgan fingerprint density at radius 3 is 2.11 bits per heavy atom. The highest BCUT2D eigenvalue weighted by atomic mass is 19.1. The molecule has 0 bridgehead atoms. The summed E-state index contributed by atoms with van der Waals surface area (Å²) in [6.07, 6.45) is 0.235. The fraction of sp³-hybridized carbons (Fsp3) is 0.543. The molecule has 0 fully saturated rings. The first kappa shape index (κ1) is 39.1. The molecule has 12 heteroatoms. The van der Waals surface area contributed by atoms with Crippen molar-refractivity contribution in [3.05, 3.63) is 70.3 Å². The summed E-state index contributed by atoms with van der Waals surface area (Å²) < 4.78 is 33.1. The van der Waals surface area contributed by atoms with Crippen molar-refractivity contribution >= 4 is 23.8 Å². The van der Waals surface area contributed by atoms with Gasteiger partial charge in [-0.05, 0) is 101 Å². The Kier molecular flexibility index (Phi) is 15.8. The van der Waals surface area contributed by atoms with E-state index >= 15 is 0 Å². The van der Waals surface area contributed by atoms with Crippen LogP contribution in [0.1, 0.15) is 98.6 Å². The molecular formula is C35H50F2N4O6. The largest absolute Gasteiger partial charge is 0.444 e. The average Bonchev–Trinajstić information content (AvgIpc) is 2.96. The van der Waals surface area contributed by atoms with Crippen molar-refractivity contribution in [2.75, 3.05) is 26.2 Å². The molecule has 2 rings (SSSR count). The topological polar surface area (TPSA) is 137 Å². The lowest BCUT2D eigenvalue weighted by atomic mass is 9.97. The first-order valence-corrected chi connectivity index (χ1v) is 16.2. The van der Waals surface area contributed by atoms with Gasteiger partial charge in [0.25, 0.3) is 11.8 Å². The van der Waals surface area contributed by atoms with Crippen molar-refractivity contribution in [2.45, 2.75) is 97.8 Å². The number of carbonyl (C=O) groups is 4. The van der Waals surface area contributed by atoms with E-state index in [0.29, 0.717) is 30.6 Å². The number of rotatable bonds is 17. The van der Waals surface area contributed by atoms with Gasteiger partial charge < -0.3 is 30.7 Å². The van der Waals surface area contributed by atoms with E-state index in [4.69, 9.17) is 4.74 Å². The summed E-state index contributed by atoms with van der Waals surface area (Å²) >= 11 is 0. The normalized spacial score (nSPS) is 12.5. The lowest BCUT2D eigenvalue weighted by Crippen LogP contribution is -2.46. The molecule has 2 aromatic rings. The number of aliphatic hydroxyl groups excluding tert-OH is 1. The Morgan fingerprint density at radius 1 is 0.894 bits per heavy atom. The molecule has 2 aromatic carbocycles. The van der Waals surface area contributed by atoms with Crippen LogP contribution in [0.4, 0.5) is 13.6 Å². The Balaban J connectivity index is 2.10. The van der Waals surface area contributed by atoms with Gasteiger partial charge in [-0.1, -0.05) is 13.8 Å². The Labute approximate surface area is 276 Å². The highest BCUT2D eigenvalue weighted by molar-refractivity contribution is 6.00. The number of hydrogen-bond acceptors (Lipinski definition) is 6. The maximum absolute atomic E-state index is 14.0. The van der Waals surface area contributed by atoms with E-state index in [1.165, 1.54) is 6.07 Å². The molecule has 47 heavy (non-hydrogen) atoms. The van der Waals surface area contributed by atoms with E-state index in [0.717, 1.165) is 31.0 Å². The first-order chi connectivity index (χ1) is 22.1. The summed E-state index contributed by atoms with van der Waals surface area (Å²) in [4.78, 5) is 52.5. The van der Waals surface area contributed by atoms with Crippen LogP contribution in [0, 0.1) is 18.6 Å². The van der Waals surface area contributed by atoms with Crippen LogP contribution in [0.25, 0.3) is 0 Å². The Morgan fingerprint density at radius 2 is 1.51 bits per heavy atom. The summed E-state index contributed by atoms with van der Waals surface area (Å²) in [6, 6.07) is 6.86. The molecule has 0 aromatic heterocycles. The van der Waals surface area contributed by atoms with Crippen LogP contribution >= 0.6 is 0 Å². The van der Waals surface area contributed by atoms with Gasteiger partial charge in [0.05, 0.1) is 12.1 Å². The summed E-state index contributed by atoms with van der Waals surface area (Å²) in [5, 5.41) is 19.2. The molecule has 0 aliphatic heterocycles. The average molecular weight is 661 g/mol. The molecule has 0 aliphatic rings. The van der Waals surface area contributed by atoms with Crippen LogP contribution < -0.4 is 16.0 Å². The van der Waals surface area contributed by atoms with Crippen molar-refractivity contribution in [3.63, 3.8) is 0 Å². The highest BCUT2D eigenvalue weighted by Gasteiger charge is 2.25. The molecule has 0 saturated carbocycles.